The molecule has 0 aliphatic heterocycles. The second-order valence-corrected chi connectivity index (χ2v) is 4.11. The number of carbonyl (C=O) groups is 1. The van der Waals surface area contributed by atoms with Crippen molar-refractivity contribution in [3.8, 4) is 0 Å². The van der Waals surface area contributed by atoms with Gasteiger partial charge in [0.1, 0.15) is 11.4 Å². The topological polar surface area (TPSA) is 66.0 Å². The van der Waals surface area contributed by atoms with Gasteiger partial charge in [0.15, 0.2) is 0 Å². The Labute approximate surface area is 131 Å². The zero-order chi connectivity index (χ0) is 24.2. The molecule has 0 fully saturated rings. The van der Waals surface area contributed by atoms with Gasteiger partial charge in [-0.25, -0.2) is 4.79 Å². The van der Waals surface area contributed by atoms with Gasteiger partial charge in [-0.05, 0) is 25.8 Å². The summed E-state index contributed by atoms with van der Waals surface area (Å²) >= 11 is 0. The molecular weight excluding hydrogens is 258 g/mol. The van der Waals surface area contributed by atoms with Crippen LogP contribution in [0.3, 0.4) is 0 Å². The number of aromatic nitrogens is 3. The largest absolute Gasteiger partial charge is 0.337 e. The molecule has 6 nitrogen and oxygen atoms in total. The second-order valence-electron chi connectivity index (χ2n) is 4.11. The molecule has 0 spiro atoms. The van der Waals surface area contributed by atoms with Crippen molar-refractivity contribution >= 4 is 16.8 Å². The molecule has 0 unspecified atom stereocenters. The first-order valence-electron chi connectivity index (χ1n) is 11.2. The monoisotopic (exact) mass is 288 g/mol. The van der Waals surface area contributed by atoms with Crippen molar-refractivity contribution in [1.29, 1.82) is 0 Å². The van der Waals surface area contributed by atoms with Crippen molar-refractivity contribution in [2.45, 2.75) is 32.6 Å². The summed E-state index contributed by atoms with van der Waals surface area (Å²) < 4.78 is 82.9. The summed E-state index contributed by atoms with van der Waals surface area (Å²) in [5, 5.41) is -0.353. The van der Waals surface area contributed by atoms with Crippen LogP contribution in [0.2, 0.25) is 0 Å². The third-order valence-corrected chi connectivity index (χ3v) is 2.81. The summed E-state index contributed by atoms with van der Waals surface area (Å²) in [5.41, 5.74) is -2.95. The molecule has 2 rings (SSSR count). The molecule has 108 valence electrons. The van der Waals surface area contributed by atoms with Gasteiger partial charge in [-0.15, -0.1) is 0 Å². The van der Waals surface area contributed by atoms with Gasteiger partial charge in [-0.1, -0.05) is 0 Å². The number of hydrogen-bond acceptors (Lipinski definition) is 3. The summed E-state index contributed by atoms with van der Waals surface area (Å²) in [7, 11) is 0. The van der Waals surface area contributed by atoms with Crippen LogP contribution in [0, 0.1) is 0 Å². The summed E-state index contributed by atoms with van der Waals surface area (Å²) in [5.74, 6) is -1.63. The van der Waals surface area contributed by atoms with E-state index >= 15 is 0 Å². The first-order chi connectivity index (χ1) is 13.8. The molecule has 2 aromatic heterocycles. The van der Waals surface area contributed by atoms with E-state index in [2.05, 4.69) is 0 Å². The number of rotatable bonds is 5. The molecule has 0 saturated carbocycles. The number of aryl methyl sites for hydroxylation is 2. The third-order valence-electron chi connectivity index (χ3n) is 2.81. The van der Waals surface area contributed by atoms with E-state index in [9.17, 15) is 14.4 Å². The number of carbonyl (C=O) groups excluding carboxylic acids is 1. The summed E-state index contributed by atoms with van der Waals surface area (Å²) in [6, 6.07) is 1.06. The number of nitrogens with zero attached hydrogens (tertiary/aromatic N) is 3. The Balaban J connectivity index is 2.55. The van der Waals surface area contributed by atoms with Gasteiger partial charge in [0.2, 0.25) is 0 Å². The molecule has 0 amide bonds. The zero-order valence-electron chi connectivity index (χ0n) is 21.3. The zero-order valence-corrected chi connectivity index (χ0v) is 10.3. The Morgan fingerprint density at radius 3 is 2.90 bits per heavy atom. The highest BCUT2D eigenvalue weighted by Crippen LogP contribution is 2.07. The van der Waals surface area contributed by atoms with E-state index in [1.807, 2.05) is 0 Å². The van der Waals surface area contributed by atoms with Crippen LogP contribution in [-0.2, 0) is 25.3 Å². The molecule has 0 aliphatic carbocycles. The van der Waals surface area contributed by atoms with E-state index in [1.54, 1.807) is 0 Å². The smallest absolute Gasteiger partial charge is 0.332 e. The summed E-state index contributed by atoms with van der Waals surface area (Å²) in [4.78, 5) is 37.2. The molecular formula is C14H19N3O3. The lowest BCUT2D eigenvalue weighted by molar-refractivity contribution is -0.117. The average Bonchev–Trinajstić information content (AvgIpc) is 2.99. The van der Waals surface area contributed by atoms with Crippen LogP contribution in [0.15, 0.2) is 21.9 Å². The normalized spacial score (nSPS) is 21.9. The van der Waals surface area contributed by atoms with Crippen LogP contribution < -0.4 is 11.2 Å². The quantitative estimate of drug-likeness (QED) is 0.817. The average molecular weight is 288 g/mol. The molecule has 20 heavy (non-hydrogen) atoms. The highest BCUT2D eigenvalue weighted by Gasteiger charge is 2.12. The summed E-state index contributed by atoms with van der Waals surface area (Å²) in [6.45, 7) is -9.70. The van der Waals surface area contributed by atoms with Gasteiger partial charge in [0.25, 0.3) is 5.56 Å². The lowest BCUT2D eigenvalue weighted by Crippen LogP contribution is -2.39. The lowest BCUT2D eigenvalue weighted by Gasteiger charge is -2.09. The van der Waals surface area contributed by atoms with Crippen LogP contribution in [-0.4, -0.2) is 19.5 Å². The first-order valence-corrected chi connectivity index (χ1v) is 5.73. The maximum absolute atomic E-state index is 12.8. The minimum absolute atomic E-state index is 0.193. The van der Waals surface area contributed by atoms with E-state index in [4.69, 9.17) is 15.1 Å². The van der Waals surface area contributed by atoms with E-state index in [-0.39, 0.29) is 16.4 Å². The first kappa shape index (κ1) is 5.71. The van der Waals surface area contributed by atoms with E-state index in [1.165, 1.54) is 0 Å². The molecule has 2 heterocycles. The maximum Gasteiger partial charge on any atom is 0.332 e. The van der Waals surface area contributed by atoms with Gasteiger partial charge in [0, 0.05) is 48.1 Å². The van der Waals surface area contributed by atoms with Crippen molar-refractivity contribution in [3.63, 3.8) is 0 Å². The molecule has 0 radical (unpaired) electrons. The predicted octanol–water partition coefficient (Wildman–Crippen LogP) is 0.798. The Morgan fingerprint density at radius 1 is 1.35 bits per heavy atom. The minimum atomic E-state index is -3.18. The van der Waals surface area contributed by atoms with Crippen LogP contribution in [0.4, 0.5) is 0 Å². The lowest BCUT2D eigenvalue weighted by atomic mass is 10.2. The third kappa shape index (κ3) is 2.45. The maximum atomic E-state index is 12.8. The van der Waals surface area contributed by atoms with Gasteiger partial charge in [-0.2, -0.15) is 0 Å². The van der Waals surface area contributed by atoms with Crippen LogP contribution in [0.5, 0.6) is 0 Å². The molecule has 2 aromatic rings. The molecule has 0 bridgehead atoms. The van der Waals surface area contributed by atoms with Crippen molar-refractivity contribution in [2.24, 2.45) is 14.0 Å². The van der Waals surface area contributed by atoms with Gasteiger partial charge in [-0.3, -0.25) is 13.9 Å². The molecule has 0 aliphatic rings. The number of hydrogen-bond donors (Lipinski definition) is 0. The number of Topliss-reactive ketones (excluding diaryl/α,β-unsaturated/α-hetero) is 1. The van der Waals surface area contributed by atoms with Crippen molar-refractivity contribution in [1.82, 2.24) is 13.7 Å². The van der Waals surface area contributed by atoms with Crippen LogP contribution >= 0.6 is 0 Å². The fourth-order valence-electron chi connectivity index (χ4n) is 1.90. The van der Waals surface area contributed by atoms with Gasteiger partial charge in [0.05, 0.1) is 5.39 Å². The minimum Gasteiger partial charge on any atom is -0.337 e. The number of fused-ring (bicyclic) bond motifs is 1. The van der Waals surface area contributed by atoms with E-state index in [0.29, 0.717) is 9.13 Å². The van der Waals surface area contributed by atoms with E-state index in [0.717, 1.165) is 12.3 Å². The molecule has 0 atom stereocenters. The van der Waals surface area contributed by atoms with Crippen LogP contribution in [0.1, 0.15) is 41.1 Å². The fourth-order valence-corrected chi connectivity index (χ4v) is 1.90. The second kappa shape index (κ2) is 5.48. The van der Waals surface area contributed by atoms with Crippen molar-refractivity contribution in [3.05, 3.63) is 33.1 Å². The van der Waals surface area contributed by atoms with E-state index < -0.39 is 62.8 Å². The highest BCUT2D eigenvalue weighted by molar-refractivity contribution is 5.75. The Hall–Kier alpha value is -2.11. The van der Waals surface area contributed by atoms with Crippen molar-refractivity contribution in [2.75, 3.05) is 0 Å². The predicted molar refractivity (Wildman–Crippen MR) is 77.0 cm³/mol. The SMILES string of the molecule is [2H]C([2H])([2H])C(=O)C([2H])([2H])CCCn1c(=O)c2ccn(C([2H])([2H])[2H])c2n(C([2H])([2H])[2H])c1=O. The molecule has 6 heteroatoms. The Kier molecular flexibility index (Phi) is 1.57. The Morgan fingerprint density at radius 2 is 2.20 bits per heavy atom. The standard InChI is InChI=1S/C14H19N3O3/c1-10(18)6-4-5-8-17-13(19)11-7-9-15(2)12(11)16(3)14(17)20/h7,9H,4-6,8H2,1-3H3/i1D3,2D3,3D3,6D2. The highest BCUT2D eigenvalue weighted by atomic mass is 16.2. The number of ketones is 1. The molecule has 0 N–H and O–H groups in total. The van der Waals surface area contributed by atoms with Gasteiger partial charge >= 0.3 is 5.69 Å². The molecule has 0 saturated heterocycles. The van der Waals surface area contributed by atoms with Gasteiger partial charge < -0.3 is 9.36 Å². The summed E-state index contributed by atoms with van der Waals surface area (Å²) in [6.07, 6.45) is -2.78. The Bertz CT molecular complexity index is 1120. The van der Waals surface area contributed by atoms with Crippen LogP contribution in [0.25, 0.3) is 11.0 Å². The van der Waals surface area contributed by atoms with Crippen molar-refractivity contribution < 1.29 is 19.9 Å². The molecule has 0 aromatic carbocycles. The fraction of sp³-hybridized carbons (Fsp3) is 0.500.